The van der Waals surface area contributed by atoms with E-state index in [-0.39, 0.29) is 19.4 Å². The molecule has 130 valence electrons. The number of hydrogen-bond acceptors (Lipinski definition) is 3. The van der Waals surface area contributed by atoms with Crippen molar-refractivity contribution >= 4 is 11.9 Å². The van der Waals surface area contributed by atoms with Gasteiger partial charge in [-0.2, -0.15) is 13.2 Å². The van der Waals surface area contributed by atoms with E-state index < -0.39 is 41.5 Å². The predicted octanol–water partition coefficient (Wildman–Crippen LogP) is 1.91. The van der Waals surface area contributed by atoms with Gasteiger partial charge >= 0.3 is 12.1 Å². The molecule has 0 spiro atoms. The second-order valence-electron chi connectivity index (χ2n) is 6.48. The molecule has 2 saturated heterocycles. The monoisotopic (exact) mass is 343 g/mol. The number of hydrogen-bond donors (Lipinski definition) is 2. The Morgan fingerprint density at radius 1 is 1.25 bits per heavy atom. The van der Waals surface area contributed by atoms with Crippen molar-refractivity contribution < 1.29 is 32.6 Å². The molecule has 1 aromatic carbocycles. The minimum Gasteiger partial charge on any atom is -0.481 e. The van der Waals surface area contributed by atoms with Crippen molar-refractivity contribution in [3.8, 4) is 0 Å². The first-order valence-corrected chi connectivity index (χ1v) is 7.46. The highest BCUT2D eigenvalue weighted by molar-refractivity contribution is 5.92. The van der Waals surface area contributed by atoms with Crippen molar-refractivity contribution in [3.05, 3.63) is 35.9 Å². The molecule has 0 radical (unpaired) electrons. The third-order valence-corrected chi connectivity index (χ3v) is 4.72. The van der Waals surface area contributed by atoms with Crippen LogP contribution in [-0.2, 0) is 20.7 Å². The van der Waals surface area contributed by atoms with Gasteiger partial charge < -0.3 is 15.2 Å². The van der Waals surface area contributed by atoms with E-state index >= 15 is 0 Å². The maximum Gasteiger partial charge on any atom is 0.408 e. The number of carboxylic acids is 1. The van der Waals surface area contributed by atoms with Gasteiger partial charge in [0.2, 0.25) is 0 Å². The highest BCUT2D eigenvalue weighted by Crippen LogP contribution is 2.58. The first-order chi connectivity index (χ1) is 11.2. The number of amides is 1. The van der Waals surface area contributed by atoms with Gasteiger partial charge in [-0.25, -0.2) is 0 Å². The van der Waals surface area contributed by atoms with E-state index in [2.05, 4.69) is 0 Å². The van der Waals surface area contributed by atoms with E-state index in [1.165, 1.54) is 0 Å². The van der Waals surface area contributed by atoms with Crippen LogP contribution in [0.3, 0.4) is 0 Å². The summed E-state index contributed by atoms with van der Waals surface area (Å²) >= 11 is 0. The molecule has 2 aliphatic heterocycles. The van der Waals surface area contributed by atoms with Crippen molar-refractivity contribution in [2.45, 2.75) is 37.1 Å². The molecule has 4 rings (SSSR count). The normalized spacial score (nSPS) is 29.6. The molecule has 0 aromatic heterocycles. The zero-order chi connectivity index (χ0) is 17.6. The largest absolute Gasteiger partial charge is 0.481 e. The van der Waals surface area contributed by atoms with Gasteiger partial charge in [0.05, 0.1) is 12.0 Å². The van der Waals surface area contributed by atoms with Crippen molar-refractivity contribution in [1.29, 1.82) is 0 Å². The van der Waals surface area contributed by atoms with Crippen molar-refractivity contribution in [2.24, 2.45) is 5.41 Å². The van der Waals surface area contributed by atoms with Crippen LogP contribution in [0.25, 0.3) is 0 Å². The van der Waals surface area contributed by atoms with Crippen LogP contribution in [0.4, 0.5) is 13.2 Å². The summed E-state index contributed by atoms with van der Waals surface area (Å²) in [6, 6.07) is 5.98. The summed E-state index contributed by atoms with van der Waals surface area (Å²) in [5.41, 5.74) is -2.14. The summed E-state index contributed by atoms with van der Waals surface area (Å²) in [5.74, 6) is -1.98. The van der Waals surface area contributed by atoms with Crippen LogP contribution < -0.4 is 5.32 Å². The molecular weight excluding hydrogens is 327 g/mol. The Morgan fingerprint density at radius 2 is 1.88 bits per heavy atom. The van der Waals surface area contributed by atoms with E-state index in [0.29, 0.717) is 5.56 Å². The lowest BCUT2D eigenvalue weighted by molar-refractivity contribution is -0.172. The zero-order valence-electron chi connectivity index (χ0n) is 12.6. The third-order valence-electron chi connectivity index (χ3n) is 4.72. The predicted molar refractivity (Wildman–Crippen MR) is 76.1 cm³/mol. The van der Waals surface area contributed by atoms with E-state index in [0.717, 1.165) is 0 Å². The smallest absolute Gasteiger partial charge is 0.408 e. The maximum atomic E-state index is 13.2. The average molecular weight is 343 g/mol. The fourth-order valence-corrected chi connectivity index (χ4v) is 3.35. The maximum absolute atomic E-state index is 13.2. The quantitative estimate of drug-likeness (QED) is 0.856. The molecule has 3 aliphatic rings. The summed E-state index contributed by atoms with van der Waals surface area (Å²) in [5, 5.41) is 11.1. The van der Waals surface area contributed by atoms with E-state index in [1.807, 2.05) is 5.32 Å². The van der Waals surface area contributed by atoms with Crippen molar-refractivity contribution in [2.75, 3.05) is 6.61 Å². The second kappa shape index (κ2) is 5.47. The van der Waals surface area contributed by atoms with Crippen LogP contribution in [0.1, 0.15) is 18.4 Å². The van der Waals surface area contributed by atoms with Gasteiger partial charge in [0.15, 0.2) is 0 Å². The number of aliphatic carboxylic acids is 1. The second-order valence-corrected chi connectivity index (χ2v) is 6.48. The highest BCUT2D eigenvalue weighted by Gasteiger charge is 2.70. The lowest BCUT2D eigenvalue weighted by atomic mass is 9.62. The van der Waals surface area contributed by atoms with Crippen LogP contribution in [0, 0.1) is 5.41 Å². The van der Waals surface area contributed by atoms with Gasteiger partial charge in [0.1, 0.15) is 11.6 Å². The molecule has 8 heteroatoms. The van der Waals surface area contributed by atoms with E-state index in [4.69, 9.17) is 9.84 Å². The third kappa shape index (κ3) is 2.75. The lowest BCUT2D eigenvalue weighted by Crippen LogP contribution is -2.60. The van der Waals surface area contributed by atoms with Gasteiger partial charge in [0.25, 0.3) is 5.91 Å². The zero-order valence-corrected chi connectivity index (χ0v) is 12.6. The molecule has 5 nitrogen and oxygen atoms in total. The molecule has 3 fully saturated rings. The molecule has 2 N–H and O–H groups in total. The van der Waals surface area contributed by atoms with Gasteiger partial charge in [-0.15, -0.1) is 0 Å². The number of carbonyl (C=O) groups is 2. The Hall–Kier alpha value is -2.09. The molecule has 1 unspecified atom stereocenters. The Balaban J connectivity index is 1.70. The molecule has 2 bridgehead atoms. The standard InChI is InChI=1S/C16H16F3NO4/c17-16(18,19)11(6-10-4-2-1-3-5-10)20-12(21)15-7-14(8-15,9-24-15)13(22)23/h1-5,11H,6-9H2,(H,20,21)(H,22,23). The minimum absolute atomic E-state index is 0.0862. The summed E-state index contributed by atoms with van der Waals surface area (Å²) in [4.78, 5) is 23.4. The van der Waals surface area contributed by atoms with Crippen LogP contribution in [0.2, 0.25) is 0 Å². The average Bonchev–Trinajstić information content (AvgIpc) is 3.04. The topological polar surface area (TPSA) is 75.6 Å². The lowest BCUT2D eigenvalue weighted by Gasteiger charge is -2.41. The van der Waals surface area contributed by atoms with Crippen LogP contribution in [0.15, 0.2) is 30.3 Å². The van der Waals surface area contributed by atoms with Gasteiger partial charge in [-0.1, -0.05) is 30.3 Å². The number of fused-ring (bicyclic) bond motifs is 1. The SMILES string of the molecule is O=C(O)C12COC(C(=O)NC(Cc3ccccc3)C(F)(F)F)(C1)C2. The minimum atomic E-state index is -4.62. The Kier molecular flexibility index (Phi) is 3.82. The molecule has 24 heavy (non-hydrogen) atoms. The van der Waals surface area contributed by atoms with Gasteiger partial charge in [-0.3, -0.25) is 9.59 Å². The Labute approximate surface area is 135 Å². The van der Waals surface area contributed by atoms with Crippen LogP contribution >= 0.6 is 0 Å². The number of halogens is 3. The van der Waals surface area contributed by atoms with Crippen LogP contribution in [0.5, 0.6) is 0 Å². The summed E-state index contributed by atoms with van der Waals surface area (Å²) in [6.45, 7) is -0.148. The number of carboxylic acid groups (broad SMARTS) is 1. The number of alkyl halides is 3. The van der Waals surface area contributed by atoms with E-state index in [1.54, 1.807) is 30.3 Å². The van der Waals surface area contributed by atoms with Crippen molar-refractivity contribution in [1.82, 2.24) is 5.32 Å². The highest BCUT2D eigenvalue weighted by atomic mass is 19.4. The molecule has 1 amide bonds. The number of benzene rings is 1. The summed E-state index contributed by atoms with van der Waals surface area (Å²) in [7, 11) is 0. The summed E-state index contributed by atoms with van der Waals surface area (Å²) in [6.07, 6.45) is -5.18. The number of carbonyl (C=O) groups excluding carboxylic acids is 1. The first kappa shape index (κ1) is 16.8. The fraction of sp³-hybridized carbons (Fsp3) is 0.500. The number of ether oxygens (including phenoxy) is 1. The Bertz CT molecular complexity index is 653. The molecule has 1 aromatic rings. The molecule has 1 atom stereocenters. The molecule has 1 aliphatic carbocycles. The van der Waals surface area contributed by atoms with Gasteiger partial charge in [0, 0.05) is 19.3 Å². The number of rotatable bonds is 5. The Morgan fingerprint density at radius 3 is 2.38 bits per heavy atom. The number of nitrogens with one attached hydrogen (secondary N) is 1. The molecule has 1 saturated carbocycles. The first-order valence-electron chi connectivity index (χ1n) is 7.46. The molecular formula is C16H16F3NO4. The fourth-order valence-electron chi connectivity index (χ4n) is 3.35. The van der Waals surface area contributed by atoms with Crippen molar-refractivity contribution in [3.63, 3.8) is 0 Å². The van der Waals surface area contributed by atoms with E-state index in [9.17, 15) is 22.8 Å². The van der Waals surface area contributed by atoms with Crippen LogP contribution in [-0.4, -0.2) is 41.4 Å². The van der Waals surface area contributed by atoms with Gasteiger partial charge in [-0.05, 0) is 5.56 Å². The summed E-state index contributed by atoms with van der Waals surface area (Å²) < 4.78 is 45.0. The molecule has 2 heterocycles.